The lowest BCUT2D eigenvalue weighted by Gasteiger charge is -2.27. The van der Waals surface area contributed by atoms with Gasteiger partial charge in [-0.3, -0.25) is 4.79 Å². The number of carbonyl (C=O) groups is 1. The van der Waals surface area contributed by atoms with E-state index < -0.39 is 0 Å². The highest BCUT2D eigenvalue weighted by atomic mass is 32.1. The Kier molecular flexibility index (Phi) is 3.40. The molecule has 0 radical (unpaired) electrons. The van der Waals surface area contributed by atoms with Gasteiger partial charge in [0.25, 0.3) is 0 Å². The molecule has 0 aromatic heterocycles. The maximum Gasteiger partial charge on any atom is 0.319 e. The second-order valence-electron chi connectivity index (χ2n) is 3.29. The molecule has 0 spiro atoms. The smallest absolute Gasteiger partial charge is 0.319 e. The number of thiol groups is 1. The average Bonchev–Trinajstić information content (AvgIpc) is 1.94. The maximum atomic E-state index is 11.2. The van der Waals surface area contributed by atoms with Crippen LogP contribution in [0.1, 0.15) is 13.8 Å². The fourth-order valence-electron chi connectivity index (χ4n) is 0.788. The van der Waals surface area contributed by atoms with Gasteiger partial charge >= 0.3 is 5.97 Å². The van der Waals surface area contributed by atoms with Gasteiger partial charge in [-0.1, -0.05) is 13.8 Å². The number of rotatable bonds is 3. The molecule has 0 aromatic rings. The molecule has 0 bridgehead atoms. The van der Waals surface area contributed by atoms with Gasteiger partial charge in [-0.15, -0.1) is 0 Å². The van der Waals surface area contributed by atoms with Gasteiger partial charge in [-0.05, 0) is 5.92 Å². The van der Waals surface area contributed by atoms with Gasteiger partial charge in [0.05, 0.1) is 13.2 Å². The van der Waals surface area contributed by atoms with E-state index in [-0.39, 0.29) is 23.2 Å². The molecule has 0 amide bonds. The number of esters is 1. The van der Waals surface area contributed by atoms with E-state index >= 15 is 0 Å². The van der Waals surface area contributed by atoms with Gasteiger partial charge in [-0.25, -0.2) is 0 Å². The highest BCUT2D eigenvalue weighted by Crippen LogP contribution is 2.14. The van der Waals surface area contributed by atoms with Crippen molar-refractivity contribution >= 4 is 18.6 Å². The summed E-state index contributed by atoms with van der Waals surface area (Å²) < 4.78 is 9.94. The summed E-state index contributed by atoms with van der Waals surface area (Å²) >= 11 is 4.14. The molecule has 1 aliphatic heterocycles. The fourth-order valence-corrected chi connectivity index (χ4v) is 0.849. The lowest BCUT2D eigenvalue weighted by atomic mass is 10.1. The molecule has 0 N–H and O–H groups in total. The monoisotopic (exact) mass is 190 g/mol. The highest BCUT2D eigenvalue weighted by molar-refractivity contribution is 7.81. The van der Waals surface area contributed by atoms with Gasteiger partial charge in [0, 0.05) is 0 Å². The lowest BCUT2D eigenvalue weighted by molar-refractivity contribution is -0.172. The second-order valence-corrected chi connectivity index (χ2v) is 3.84. The first-order valence-electron chi connectivity index (χ1n) is 4.07. The molecule has 3 nitrogen and oxygen atoms in total. The zero-order valence-corrected chi connectivity index (χ0v) is 8.21. The molecule has 4 heteroatoms. The number of carbonyl (C=O) groups excluding carboxylic acids is 1. The molecule has 1 saturated heterocycles. The van der Waals surface area contributed by atoms with E-state index in [0.717, 1.165) is 0 Å². The summed E-state index contributed by atoms with van der Waals surface area (Å²) in [6.45, 7) is 4.95. The zero-order chi connectivity index (χ0) is 9.14. The normalized spacial score (nSPS) is 20.3. The molecule has 1 atom stereocenters. The number of ether oxygens (including phenoxy) is 2. The standard InChI is InChI=1S/C8H14O3S/c1-5(2)7(12)8(9)11-6-3-10-4-6/h5-7,12H,3-4H2,1-2H3. The van der Waals surface area contributed by atoms with Crippen LogP contribution >= 0.6 is 12.6 Å². The molecule has 12 heavy (non-hydrogen) atoms. The van der Waals surface area contributed by atoms with E-state index in [1.807, 2.05) is 13.8 Å². The first-order valence-corrected chi connectivity index (χ1v) is 4.59. The molecule has 70 valence electrons. The Balaban J connectivity index is 2.26. The third kappa shape index (κ3) is 2.38. The molecular weight excluding hydrogens is 176 g/mol. The van der Waals surface area contributed by atoms with E-state index in [0.29, 0.717) is 13.2 Å². The fraction of sp³-hybridized carbons (Fsp3) is 0.875. The Morgan fingerprint density at radius 2 is 2.17 bits per heavy atom. The van der Waals surface area contributed by atoms with Crippen molar-refractivity contribution in [3.63, 3.8) is 0 Å². The van der Waals surface area contributed by atoms with E-state index in [4.69, 9.17) is 9.47 Å². The summed E-state index contributed by atoms with van der Waals surface area (Å²) in [4.78, 5) is 11.2. The van der Waals surface area contributed by atoms with E-state index in [2.05, 4.69) is 12.6 Å². The van der Waals surface area contributed by atoms with Crippen molar-refractivity contribution in [3.8, 4) is 0 Å². The van der Waals surface area contributed by atoms with Crippen molar-refractivity contribution in [2.24, 2.45) is 5.92 Å². The quantitative estimate of drug-likeness (QED) is 0.530. The molecule has 1 heterocycles. The largest absolute Gasteiger partial charge is 0.457 e. The third-order valence-corrected chi connectivity index (χ3v) is 2.57. The van der Waals surface area contributed by atoms with Crippen LogP contribution in [0.4, 0.5) is 0 Å². The van der Waals surface area contributed by atoms with Crippen LogP contribution in [0.25, 0.3) is 0 Å². The maximum absolute atomic E-state index is 11.2. The minimum absolute atomic E-state index is 0.0362. The predicted molar refractivity (Wildman–Crippen MR) is 48.3 cm³/mol. The minimum atomic E-state index is -0.314. The SMILES string of the molecule is CC(C)C(S)C(=O)OC1COC1. The second kappa shape index (κ2) is 4.14. The van der Waals surface area contributed by atoms with Crippen LogP contribution < -0.4 is 0 Å². The van der Waals surface area contributed by atoms with Gasteiger partial charge in [0.15, 0.2) is 0 Å². The number of hydrogen-bond acceptors (Lipinski definition) is 4. The average molecular weight is 190 g/mol. The Morgan fingerprint density at radius 3 is 2.50 bits per heavy atom. The summed E-state index contributed by atoms with van der Waals surface area (Å²) in [5.74, 6) is -0.0246. The van der Waals surface area contributed by atoms with Crippen molar-refractivity contribution in [1.82, 2.24) is 0 Å². The van der Waals surface area contributed by atoms with E-state index in [9.17, 15) is 4.79 Å². The van der Waals surface area contributed by atoms with E-state index in [1.54, 1.807) is 0 Å². The summed E-state index contributed by atoms with van der Waals surface area (Å²) in [5, 5.41) is -0.314. The van der Waals surface area contributed by atoms with Gasteiger partial charge in [0.1, 0.15) is 11.4 Å². The van der Waals surface area contributed by atoms with Crippen molar-refractivity contribution in [3.05, 3.63) is 0 Å². The first-order chi connectivity index (χ1) is 5.61. The zero-order valence-electron chi connectivity index (χ0n) is 7.32. The van der Waals surface area contributed by atoms with Crippen LogP contribution in [0.2, 0.25) is 0 Å². The Hall–Kier alpha value is -0.220. The summed E-state index contributed by atoms with van der Waals surface area (Å²) in [7, 11) is 0. The van der Waals surface area contributed by atoms with Crippen LogP contribution in [0.3, 0.4) is 0 Å². The Bertz CT molecular complexity index is 166. The number of hydrogen-bond donors (Lipinski definition) is 1. The molecule has 0 aromatic carbocycles. The molecule has 1 rings (SSSR count). The van der Waals surface area contributed by atoms with E-state index in [1.165, 1.54) is 0 Å². The highest BCUT2D eigenvalue weighted by Gasteiger charge is 2.27. The topological polar surface area (TPSA) is 35.5 Å². The van der Waals surface area contributed by atoms with Crippen LogP contribution in [-0.4, -0.2) is 30.5 Å². The van der Waals surface area contributed by atoms with Crippen LogP contribution in [0.15, 0.2) is 0 Å². The van der Waals surface area contributed by atoms with Crippen LogP contribution in [0.5, 0.6) is 0 Å². The molecule has 0 aliphatic carbocycles. The third-order valence-electron chi connectivity index (χ3n) is 1.76. The molecule has 1 aliphatic rings. The molecular formula is C8H14O3S. The predicted octanol–water partition coefficient (Wildman–Crippen LogP) is 0.883. The van der Waals surface area contributed by atoms with Gasteiger partial charge in [-0.2, -0.15) is 12.6 Å². The van der Waals surface area contributed by atoms with Crippen molar-refractivity contribution in [1.29, 1.82) is 0 Å². The molecule has 1 fully saturated rings. The van der Waals surface area contributed by atoms with Gasteiger partial charge in [0.2, 0.25) is 0 Å². The molecule has 1 unspecified atom stereocenters. The summed E-state index contributed by atoms with van der Waals surface area (Å²) in [6, 6.07) is 0. The summed E-state index contributed by atoms with van der Waals surface area (Å²) in [5.41, 5.74) is 0. The van der Waals surface area contributed by atoms with Crippen LogP contribution in [0, 0.1) is 5.92 Å². The Labute approximate surface area is 77.8 Å². The first kappa shape index (κ1) is 9.86. The van der Waals surface area contributed by atoms with Crippen molar-refractivity contribution in [2.45, 2.75) is 25.2 Å². The Morgan fingerprint density at radius 1 is 1.58 bits per heavy atom. The van der Waals surface area contributed by atoms with Crippen LogP contribution in [-0.2, 0) is 14.3 Å². The minimum Gasteiger partial charge on any atom is -0.457 e. The van der Waals surface area contributed by atoms with Crippen molar-refractivity contribution < 1.29 is 14.3 Å². The lowest BCUT2D eigenvalue weighted by Crippen LogP contribution is -2.40. The molecule has 0 saturated carbocycles. The van der Waals surface area contributed by atoms with Gasteiger partial charge < -0.3 is 9.47 Å². The summed E-state index contributed by atoms with van der Waals surface area (Å²) in [6.07, 6.45) is -0.0362. The van der Waals surface area contributed by atoms with Crippen molar-refractivity contribution in [2.75, 3.05) is 13.2 Å².